The molecule has 3 nitrogen and oxygen atoms in total. The summed E-state index contributed by atoms with van der Waals surface area (Å²) in [6, 6.07) is 4.31. The first-order valence-corrected chi connectivity index (χ1v) is 6.24. The van der Waals surface area contributed by atoms with Gasteiger partial charge in [-0.25, -0.2) is 4.98 Å². The maximum atomic E-state index is 4.36. The minimum Gasteiger partial charge on any atom is -0.304 e. The molecule has 0 fully saturated rings. The van der Waals surface area contributed by atoms with Gasteiger partial charge < -0.3 is 5.32 Å². The van der Waals surface area contributed by atoms with Crippen molar-refractivity contribution in [1.82, 2.24) is 15.3 Å². The second-order valence-corrected chi connectivity index (χ2v) is 4.52. The van der Waals surface area contributed by atoms with Crippen LogP contribution in [-0.4, -0.2) is 16.5 Å². The van der Waals surface area contributed by atoms with Gasteiger partial charge in [-0.1, -0.05) is 13.0 Å². The molecule has 0 spiro atoms. The van der Waals surface area contributed by atoms with Crippen molar-refractivity contribution in [2.45, 2.75) is 19.9 Å². The van der Waals surface area contributed by atoms with Crippen LogP contribution in [0, 0.1) is 6.92 Å². The minimum atomic E-state index is 0.165. The third-order valence-corrected chi connectivity index (χ3v) is 3.21. The predicted molar refractivity (Wildman–Crippen MR) is 66.6 cm³/mol. The van der Waals surface area contributed by atoms with E-state index in [1.807, 2.05) is 30.8 Å². The van der Waals surface area contributed by atoms with E-state index in [9.17, 15) is 0 Å². The number of nitrogens with zero attached hydrogens (tertiary/aromatic N) is 2. The Morgan fingerprint density at radius 1 is 1.38 bits per heavy atom. The Morgan fingerprint density at radius 3 is 2.81 bits per heavy atom. The van der Waals surface area contributed by atoms with Crippen molar-refractivity contribution in [3.8, 4) is 0 Å². The average Bonchev–Trinajstić information content (AvgIpc) is 2.81. The van der Waals surface area contributed by atoms with Crippen molar-refractivity contribution in [2.24, 2.45) is 0 Å². The highest BCUT2D eigenvalue weighted by Gasteiger charge is 2.15. The van der Waals surface area contributed by atoms with Gasteiger partial charge in [-0.2, -0.15) is 0 Å². The summed E-state index contributed by atoms with van der Waals surface area (Å²) in [6.07, 6.45) is 3.76. The number of rotatable bonds is 4. The van der Waals surface area contributed by atoms with E-state index in [1.165, 1.54) is 5.56 Å². The number of hydrogen-bond donors (Lipinski definition) is 1. The number of hydrogen-bond acceptors (Lipinski definition) is 4. The Kier molecular flexibility index (Phi) is 3.64. The molecule has 2 heterocycles. The third-order valence-electron chi connectivity index (χ3n) is 2.37. The summed E-state index contributed by atoms with van der Waals surface area (Å²) in [7, 11) is 0. The number of nitrogens with one attached hydrogen (secondary N) is 1. The van der Waals surface area contributed by atoms with Crippen LogP contribution in [0.25, 0.3) is 0 Å². The molecular formula is C12H15N3S. The normalized spacial score (nSPS) is 12.6. The second-order valence-electron chi connectivity index (χ2n) is 3.59. The molecule has 0 saturated carbocycles. The van der Waals surface area contributed by atoms with E-state index >= 15 is 0 Å². The highest BCUT2D eigenvalue weighted by Crippen LogP contribution is 2.23. The highest BCUT2D eigenvalue weighted by molar-refractivity contribution is 7.09. The van der Waals surface area contributed by atoms with Gasteiger partial charge in [-0.05, 0) is 25.1 Å². The van der Waals surface area contributed by atoms with Gasteiger partial charge in [0.2, 0.25) is 0 Å². The van der Waals surface area contributed by atoms with Crippen LogP contribution in [0.2, 0.25) is 0 Å². The van der Waals surface area contributed by atoms with Gasteiger partial charge >= 0.3 is 0 Å². The van der Waals surface area contributed by atoms with E-state index < -0.39 is 0 Å². The number of pyridine rings is 1. The quantitative estimate of drug-likeness (QED) is 0.882. The third kappa shape index (κ3) is 2.46. The summed E-state index contributed by atoms with van der Waals surface area (Å²) in [5.74, 6) is 0. The van der Waals surface area contributed by atoms with E-state index in [4.69, 9.17) is 0 Å². The summed E-state index contributed by atoms with van der Waals surface area (Å²) in [5, 5.41) is 6.52. The fourth-order valence-corrected chi connectivity index (χ4v) is 2.32. The standard InChI is InChI=1S/C12H15N3S/c1-3-13-11(12-14-6-7-16-12)10-5-4-9(2)15-8-10/h4-8,11,13H,3H2,1-2H3. The molecule has 4 heteroatoms. The Hall–Kier alpha value is -1.26. The van der Waals surface area contributed by atoms with Crippen LogP contribution in [0.3, 0.4) is 0 Å². The van der Waals surface area contributed by atoms with Crippen LogP contribution in [0.15, 0.2) is 29.9 Å². The molecule has 0 amide bonds. The zero-order valence-electron chi connectivity index (χ0n) is 9.47. The van der Waals surface area contributed by atoms with Crippen molar-refractivity contribution >= 4 is 11.3 Å². The molecular weight excluding hydrogens is 218 g/mol. The van der Waals surface area contributed by atoms with E-state index in [1.54, 1.807) is 11.3 Å². The van der Waals surface area contributed by atoms with Crippen LogP contribution in [0.5, 0.6) is 0 Å². The Balaban J connectivity index is 2.29. The molecule has 0 aliphatic heterocycles. The molecule has 0 aliphatic rings. The summed E-state index contributed by atoms with van der Waals surface area (Å²) in [5.41, 5.74) is 2.21. The smallest absolute Gasteiger partial charge is 0.114 e. The van der Waals surface area contributed by atoms with Crippen molar-refractivity contribution in [3.05, 3.63) is 46.2 Å². The van der Waals surface area contributed by atoms with Crippen LogP contribution in [0.4, 0.5) is 0 Å². The van der Waals surface area contributed by atoms with Crippen molar-refractivity contribution < 1.29 is 0 Å². The lowest BCUT2D eigenvalue weighted by Gasteiger charge is -2.15. The molecule has 0 bridgehead atoms. The topological polar surface area (TPSA) is 37.8 Å². The molecule has 16 heavy (non-hydrogen) atoms. The second kappa shape index (κ2) is 5.18. The fraction of sp³-hybridized carbons (Fsp3) is 0.333. The van der Waals surface area contributed by atoms with Crippen molar-refractivity contribution in [3.63, 3.8) is 0 Å². The molecule has 1 atom stereocenters. The Labute approximate surface area is 99.6 Å². The lowest BCUT2D eigenvalue weighted by molar-refractivity contribution is 0.625. The van der Waals surface area contributed by atoms with Gasteiger partial charge in [0.1, 0.15) is 5.01 Å². The summed E-state index contributed by atoms with van der Waals surface area (Å²) < 4.78 is 0. The molecule has 2 rings (SSSR count). The number of aryl methyl sites for hydroxylation is 1. The first-order valence-electron chi connectivity index (χ1n) is 5.36. The van der Waals surface area contributed by atoms with E-state index in [0.717, 1.165) is 17.2 Å². The largest absolute Gasteiger partial charge is 0.304 e. The zero-order chi connectivity index (χ0) is 11.4. The van der Waals surface area contributed by atoms with E-state index in [0.29, 0.717) is 0 Å². The van der Waals surface area contributed by atoms with Gasteiger partial charge in [0.15, 0.2) is 0 Å². The molecule has 0 radical (unpaired) electrons. The van der Waals surface area contributed by atoms with Crippen molar-refractivity contribution in [2.75, 3.05) is 6.54 Å². The van der Waals surface area contributed by atoms with Crippen LogP contribution in [0.1, 0.15) is 29.2 Å². The van der Waals surface area contributed by atoms with Gasteiger partial charge in [0.25, 0.3) is 0 Å². The zero-order valence-corrected chi connectivity index (χ0v) is 10.3. The molecule has 84 valence electrons. The van der Waals surface area contributed by atoms with Crippen LogP contribution < -0.4 is 5.32 Å². The SMILES string of the molecule is CCNC(c1ccc(C)nc1)c1nccs1. The summed E-state index contributed by atoms with van der Waals surface area (Å²) in [6.45, 7) is 5.01. The van der Waals surface area contributed by atoms with Gasteiger partial charge in [-0.15, -0.1) is 11.3 Å². The highest BCUT2D eigenvalue weighted by atomic mass is 32.1. The maximum absolute atomic E-state index is 4.36. The monoisotopic (exact) mass is 233 g/mol. The Morgan fingerprint density at radius 2 is 2.25 bits per heavy atom. The molecule has 1 unspecified atom stereocenters. The fourth-order valence-electron chi connectivity index (χ4n) is 1.58. The summed E-state index contributed by atoms with van der Waals surface area (Å²) >= 11 is 1.67. The van der Waals surface area contributed by atoms with Crippen LogP contribution in [-0.2, 0) is 0 Å². The molecule has 1 N–H and O–H groups in total. The maximum Gasteiger partial charge on any atom is 0.114 e. The first kappa shape index (κ1) is 11.2. The van der Waals surface area contributed by atoms with Crippen molar-refractivity contribution in [1.29, 1.82) is 0 Å². The number of thiazole rings is 1. The number of aromatic nitrogens is 2. The van der Waals surface area contributed by atoms with Crippen LogP contribution >= 0.6 is 11.3 Å². The van der Waals surface area contributed by atoms with E-state index in [-0.39, 0.29) is 6.04 Å². The predicted octanol–water partition coefficient (Wildman–Crippen LogP) is 2.55. The van der Waals surface area contributed by atoms with E-state index in [2.05, 4.69) is 28.3 Å². The molecule has 0 aromatic carbocycles. The lowest BCUT2D eigenvalue weighted by Crippen LogP contribution is -2.21. The van der Waals surface area contributed by atoms with Gasteiger partial charge in [-0.3, -0.25) is 4.98 Å². The minimum absolute atomic E-state index is 0.165. The first-order chi connectivity index (χ1) is 7.81. The van der Waals surface area contributed by atoms with Gasteiger partial charge in [0, 0.05) is 23.5 Å². The molecule has 0 saturated heterocycles. The Bertz CT molecular complexity index is 422. The summed E-state index contributed by atoms with van der Waals surface area (Å²) in [4.78, 5) is 8.69. The molecule has 2 aromatic heterocycles. The average molecular weight is 233 g/mol. The van der Waals surface area contributed by atoms with Gasteiger partial charge in [0.05, 0.1) is 6.04 Å². The lowest BCUT2D eigenvalue weighted by atomic mass is 10.1. The molecule has 2 aromatic rings. The molecule has 0 aliphatic carbocycles.